The minimum atomic E-state index is -2.27. The fourth-order valence-corrected chi connectivity index (χ4v) is 2.13. The van der Waals surface area contributed by atoms with Crippen LogP contribution in [0.1, 0.15) is 10.4 Å². The van der Waals surface area contributed by atoms with Crippen molar-refractivity contribution in [2.24, 2.45) is 5.11 Å². The van der Waals surface area contributed by atoms with E-state index in [0.717, 1.165) is 0 Å². The molecule has 8 nitrogen and oxygen atoms in total. The van der Waals surface area contributed by atoms with Crippen LogP contribution in [0.5, 0.6) is 0 Å². The van der Waals surface area contributed by atoms with E-state index in [1.165, 1.54) is 12.1 Å². The summed E-state index contributed by atoms with van der Waals surface area (Å²) in [5.41, 5.74) is 6.50. The number of ether oxygens (including phenoxy) is 1. The molecule has 1 heterocycles. The second kappa shape index (κ2) is 5.58. The van der Waals surface area contributed by atoms with Gasteiger partial charge in [-0.25, -0.2) is 0 Å². The van der Waals surface area contributed by atoms with E-state index in [1.54, 1.807) is 18.2 Å². The Balaban J connectivity index is 2.46. The van der Waals surface area contributed by atoms with Crippen LogP contribution in [-0.2, 0) is 4.74 Å². The smallest absolute Gasteiger partial charge is 0.238 e. The van der Waals surface area contributed by atoms with Crippen molar-refractivity contribution in [1.82, 2.24) is 0 Å². The summed E-state index contributed by atoms with van der Waals surface area (Å²) in [6, 6.07) is 7.81. The second-order valence-corrected chi connectivity index (χ2v) is 4.36. The van der Waals surface area contributed by atoms with Crippen molar-refractivity contribution in [3.63, 3.8) is 0 Å². The Morgan fingerprint density at radius 1 is 1.40 bits per heavy atom. The number of nitrogens with zero attached hydrogens (tertiary/aromatic N) is 3. The Kier molecular flexibility index (Phi) is 4.03. The lowest BCUT2D eigenvalue weighted by molar-refractivity contribution is -0.0652. The molecule has 1 saturated heterocycles. The molecule has 1 aromatic rings. The van der Waals surface area contributed by atoms with Gasteiger partial charge in [-0.1, -0.05) is 30.3 Å². The number of benzene rings is 1. The van der Waals surface area contributed by atoms with Crippen molar-refractivity contribution in [2.45, 2.75) is 24.0 Å². The Bertz CT molecular complexity index is 545. The van der Waals surface area contributed by atoms with Gasteiger partial charge in [0.2, 0.25) is 11.5 Å². The molecule has 0 spiro atoms. The first-order valence-electron chi connectivity index (χ1n) is 5.87. The molecule has 1 aliphatic rings. The molecule has 0 radical (unpaired) electrons. The first-order valence-corrected chi connectivity index (χ1v) is 5.87. The minimum Gasteiger partial charge on any atom is -0.394 e. The van der Waals surface area contributed by atoms with Crippen LogP contribution in [0.15, 0.2) is 35.4 Å². The molecule has 20 heavy (non-hydrogen) atoms. The fourth-order valence-electron chi connectivity index (χ4n) is 2.13. The summed E-state index contributed by atoms with van der Waals surface area (Å²) in [4.78, 5) is 15.0. The Morgan fingerprint density at radius 3 is 2.55 bits per heavy atom. The first-order chi connectivity index (χ1) is 9.56. The van der Waals surface area contributed by atoms with E-state index >= 15 is 0 Å². The third-order valence-electron chi connectivity index (χ3n) is 3.17. The van der Waals surface area contributed by atoms with Crippen molar-refractivity contribution in [2.75, 3.05) is 6.61 Å². The SMILES string of the molecule is [N-]=[N+]=N[C@]1(C(=O)c2ccccc2)O[C@@H](CO)[C@H](O)[C@@H]1O. The van der Waals surface area contributed by atoms with Gasteiger partial charge in [0.15, 0.2) is 0 Å². The molecule has 0 amide bonds. The Morgan fingerprint density at radius 2 is 2.05 bits per heavy atom. The van der Waals surface area contributed by atoms with Crippen LogP contribution >= 0.6 is 0 Å². The number of carbonyl (C=O) groups is 1. The van der Waals surface area contributed by atoms with Gasteiger partial charge < -0.3 is 20.1 Å². The van der Waals surface area contributed by atoms with Crippen LogP contribution in [0.4, 0.5) is 0 Å². The van der Waals surface area contributed by atoms with Crippen LogP contribution in [0, 0.1) is 0 Å². The molecule has 2 rings (SSSR count). The third-order valence-corrected chi connectivity index (χ3v) is 3.17. The topological polar surface area (TPSA) is 136 Å². The molecule has 4 atom stereocenters. The zero-order valence-corrected chi connectivity index (χ0v) is 10.3. The summed E-state index contributed by atoms with van der Waals surface area (Å²) in [5, 5.41) is 32.1. The lowest BCUT2D eigenvalue weighted by atomic mass is 9.94. The maximum atomic E-state index is 12.4. The number of aliphatic hydroxyl groups excluding tert-OH is 3. The number of ketones is 1. The third kappa shape index (κ3) is 2.15. The van der Waals surface area contributed by atoms with Crippen LogP contribution < -0.4 is 0 Å². The van der Waals surface area contributed by atoms with Gasteiger partial charge >= 0.3 is 0 Å². The van der Waals surface area contributed by atoms with Crippen LogP contribution in [0.25, 0.3) is 10.4 Å². The van der Waals surface area contributed by atoms with E-state index in [-0.39, 0.29) is 5.56 Å². The number of hydrogen-bond acceptors (Lipinski definition) is 6. The highest BCUT2D eigenvalue weighted by Crippen LogP contribution is 2.35. The first kappa shape index (κ1) is 14.4. The molecule has 0 aromatic heterocycles. The monoisotopic (exact) mass is 279 g/mol. The molecule has 0 unspecified atom stereocenters. The van der Waals surface area contributed by atoms with Gasteiger partial charge in [0.05, 0.1) is 6.61 Å². The number of aliphatic hydroxyl groups is 3. The van der Waals surface area contributed by atoms with Crippen molar-refractivity contribution < 1.29 is 24.9 Å². The van der Waals surface area contributed by atoms with E-state index in [9.17, 15) is 15.0 Å². The molecular formula is C12H13N3O5. The standard InChI is InChI=1S/C12H13N3O5/c13-15-14-12(10(18)7-4-2-1-3-5-7)11(19)9(17)8(6-16)20-12/h1-5,8-9,11,16-17,19H,6H2/t8-,9-,11-,12+/m0/s1. The maximum Gasteiger partial charge on any atom is 0.238 e. The van der Waals surface area contributed by atoms with Gasteiger partial charge in [-0.3, -0.25) is 4.79 Å². The van der Waals surface area contributed by atoms with Gasteiger partial charge in [0.25, 0.3) is 0 Å². The van der Waals surface area contributed by atoms with E-state index < -0.39 is 36.4 Å². The van der Waals surface area contributed by atoms with E-state index in [2.05, 4.69) is 10.0 Å². The second-order valence-electron chi connectivity index (χ2n) is 4.36. The van der Waals surface area contributed by atoms with Crippen LogP contribution in [0.2, 0.25) is 0 Å². The highest BCUT2D eigenvalue weighted by Gasteiger charge is 2.58. The maximum absolute atomic E-state index is 12.4. The average Bonchev–Trinajstić information content (AvgIpc) is 2.73. The zero-order chi connectivity index (χ0) is 14.8. The summed E-state index contributed by atoms with van der Waals surface area (Å²) < 4.78 is 5.16. The summed E-state index contributed by atoms with van der Waals surface area (Å²) in [7, 11) is 0. The van der Waals surface area contributed by atoms with Crippen LogP contribution in [0.3, 0.4) is 0 Å². The van der Waals surface area contributed by atoms with Crippen LogP contribution in [-0.4, -0.2) is 51.7 Å². The molecule has 1 aliphatic heterocycles. The van der Waals surface area contributed by atoms with Crippen molar-refractivity contribution in [3.8, 4) is 0 Å². The molecule has 1 aromatic carbocycles. The quantitative estimate of drug-likeness (QED) is 0.308. The van der Waals surface area contributed by atoms with E-state index in [1.807, 2.05) is 0 Å². The average molecular weight is 279 g/mol. The van der Waals surface area contributed by atoms with Gasteiger partial charge in [-0.15, -0.1) is 0 Å². The van der Waals surface area contributed by atoms with Crippen molar-refractivity contribution in [3.05, 3.63) is 46.3 Å². The molecule has 3 N–H and O–H groups in total. The predicted molar refractivity (Wildman–Crippen MR) is 66.6 cm³/mol. The van der Waals surface area contributed by atoms with Gasteiger partial charge in [0, 0.05) is 10.5 Å². The summed E-state index contributed by atoms with van der Waals surface area (Å²) in [5.74, 6) is -0.779. The highest BCUT2D eigenvalue weighted by molar-refractivity contribution is 6.03. The number of azide groups is 1. The zero-order valence-electron chi connectivity index (χ0n) is 10.3. The predicted octanol–water partition coefficient (Wildman–Crippen LogP) is -0.0112. The van der Waals surface area contributed by atoms with E-state index in [4.69, 9.17) is 15.4 Å². The van der Waals surface area contributed by atoms with Gasteiger partial charge in [0.1, 0.15) is 18.3 Å². The van der Waals surface area contributed by atoms with Gasteiger partial charge in [-0.2, -0.15) is 0 Å². The molecule has 106 valence electrons. The minimum absolute atomic E-state index is 0.157. The highest BCUT2D eigenvalue weighted by atomic mass is 16.6. The molecule has 1 fully saturated rings. The van der Waals surface area contributed by atoms with Gasteiger partial charge in [-0.05, 0) is 10.6 Å². The Labute approximate surface area is 113 Å². The number of carbonyl (C=O) groups excluding carboxylic acids is 1. The molecular weight excluding hydrogens is 266 g/mol. The Hall–Kier alpha value is -1.96. The number of Topliss-reactive ketones (excluding diaryl/α,β-unsaturated/α-hetero) is 1. The summed E-state index contributed by atoms with van der Waals surface area (Å²) in [6.07, 6.45) is -4.50. The van der Waals surface area contributed by atoms with Crippen molar-refractivity contribution in [1.29, 1.82) is 0 Å². The molecule has 0 saturated carbocycles. The normalized spacial score (nSPS) is 32.6. The molecule has 8 heteroatoms. The van der Waals surface area contributed by atoms with E-state index in [0.29, 0.717) is 0 Å². The number of hydrogen-bond donors (Lipinski definition) is 3. The largest absolute Gasteiger partial charge is 0.394 e. The summed E-state index contributed by atoms with van der Waals surface area (Å²) in [6.45, 7) is -0.622. The number of rotatable bonds is 4. The summed E-state index contributed by atoms with van der Waals surface area (Å²) >= 11 is 0. The lowest BCUT2D eigenvalue weighted by Crippen LogP contribution is -2.48. The fraction of sp³-hybridized carbons (Fsp3) is 0.417. The molecule has 0 aliphatic carbocycles. The van der Waals surface area contributed by atoms with Crippen molar-refractivity contribution >= 4 is 5.78 Å². The lowest BCUT2D eigenvalue weighted by Gasteiger charge is -2.25. The molecule has 0 bridgehead atoms.